The molecule has 6 heteroatoms. The molecule has 0 amide bonds. The van der Waals surface area contributed by atoms with Crippen LogP contribution in [0.2, 0.25) is 0 Å². The lowest BCUT2D eigenvalue weighted by atomic mass is 9.70. The first-order chi connectivity index (χ1) is 8.09. The summed E-state index contributed by atoms with van der Waals surface area (Å²) in [5, 5.41) is 0. The van der Waals surface area contributed by atoms with Gasteiger partial charge in [-0.1, -0.05) is 0 Å². The third-order valence-corrected chi connectivity index (χ3v) is 4.65. The van der Waals surface area contributed by atoms with E-state index in [0.29, 0.717) is 6.42 Å². The topological polar surface area (TPSA) is 86.7 Å². The van der Waals surface area contributed by atoms with E-state index in [1.54, 1.807) is 0 Å². The monoisotopic (exact) mass is 236 g/mol. The molecule has 88 valence electrons. The Hall–Kier alpha value is -1.72. The molecule has 0 aromatic rings. The molecule has 2 bridgehead atoms. The van der Waals surface area contributed by atoms with E-state index in [2.05, 4.69) is 9.47 Å². The van der Waals surface area contributed by atoms with E-state index in [4.69, 9.17) is 0 Å². The zero-order valence-corrected chi connectivity index (χ0v) is 8.62. The van der Waals surface area contributed by atoms with Gasteiger partial charge in [0.05, 0.1) is 23.7 Å². The van der Waals surface area contributed by atoms with Crippen molar-refractivity contribution in [1.82, 2.24) is 0 Å². The Bertz CT molecular complexity index is 410. The Morgan fingerprint density at radius 1 is 0.647 bits per heavy atom. The van der Waals surface area contributed by atoms with Crippen molar-refractivity contribution in [3.63, 3.8) is 0 Å². The minimum atomic E-state index is -0.543. The normalized spacial score (nSPS) is 50.4. The molecule has 3 unspecified atom stereocenters. The van der Waals surface area contributed by atoms with Crippen LogP contribution in [-0.4, -0.2) is 23.9 Å². The van der Waals surface area contributed by atoms with Crippen LogP contribution in [0.25, 0.3) is 0 Å². The highest BCUT2D eigenvalue weighted by Gasteiger charge is 2.72. The lowest BCUT2D eigenvalue weighted by molar-refractivity contribution is -0.155. The standard InChI is InChI=1S/C11H8O6/c12-8-4-2-1-3(6(4)10(14)16-8)7-5(2)9(13)17-11(7)15/h2-7H,1H2/t2?,3?,4-,5+,6+,7?/m0/s1. The molecule has 2 heterocycles. The van der Waals surface area contributed by atoms with E-state index in [9.17, 15) is 19.2 Å². The summed E-state index contributed by atoms with van der Waals surface area (Å²) < 4.78 is 9.21. The molecule has 0 radical (unpaired) electrons. The van der Waals surface area contributed by atoms with Gasteiger partial charge in [0, 0.05) is 0 Å². The SMILES string of the molecule is O=C1OC(=O)[C@H]2C1C1CC2[C@@H]2C(=O)OC(=O)[C@H]12. The van der Waals surface area contributed by atoms with Gasteiger partial charge >= 0.3 is 23.9 Å². The molecule has 2 saturated heterocycles. The lowest BCUT2D eigenvalue weighted by Gasteiger charge is -2.25. The van der Waals surface area contributed by atoms with Crippen LogP contribution in [0.1, 0.15) is 6.42 Å². The number of cyclic esters (lactones) is 4. The van der Waals surface area contributed by atoms with Crippen LogP contribution in [0.5, 0.6) is 0 Å². The second kappa shape index (κ2) is 2.57. The van der Waals surface area contributed by atoms with Crippen molar-refractivity contribution < 1.29 is 28.7 Å². The van der Waals surface area contributed by atoms with Crippen LogP contribution in [-0.2, 0) is 28.7 Å². The number of ether oxygens (including phenoxy) is 2. The summed E-state index contributed by atoms with van der Waals surface area (Å²) in [5.74, 6) is -4.83. The van der Waals surface area contributed by atoms with Crippen molar-refractivity contribution in [2.24, 2.45) is 35.5 Å². The Morgan fingerprint density at radius 3 is 1.24 bits per heavy atom. The van der Waals surface area contributed by atoms with Crippen LogP contribution in [0.4, 0.5) is 0 Å². The lowest BCUT2D eigenvalue weighted by Crippen LogP contribution is -2.37. The van der Waals surface area contributed by atoms with Gasteiger partial charge in [-0.05, 0) is 18.3 Å². The highest BCUT2D eigenvalue weighted by molar-refractivity contribution is 6.03. The van der Waals surface area contributed by atoms with Crippen molar-refractivity contribution in [3.05, 3.63) is 0 Å². The summed E-state index contributed by atoms with van der Waals surface area (Å²) in [4.78, 5) is 46.2. The van der Waals surface area contributed by atoms with Crippen molar-refractivity contribution in [2.45, 2.75) is 6.42 Å². The molecule has 2 saturated carbocycles. The minimum absolute atomic E-state index is 0.257. The summed E-state index contributed by atoms with van der Waals surface area (Å²) in [6, 6.07) is 0. The fraction of sp³-hybridized carbons (Fsp3) is 0.636. The van der Waals surface area contributed by atoms with Gasteiger partial charge in [0.1, 0.15) is 0 Å². The highest BCUT2D eigenvalue weighted by Crippen LogP contribution is 2.62. The maximum Gasteiger partial charge on any atom is 0.317 e. The molecule has 4 rings (SSSR count). The van der Waals surface area contributed by atoms with E-state index in [1.165, 1.54) is 0 Å². The van der Waals surface area contributed by atoms with Gasteiger partial charge in [-0.2, -0.15) is 0 Å². The third-order valence-electron chi connectivity index (χ3n) is 4.65. The number of carbonyl (C=O) groups is 4. The second-order valence-electron chi connectivity index (χ2n) is 5.15. The Morgan fingerprint density at radius 2 is 0.941 bits per heavy atom. The third kappa shape index (κ3) is 0.852. The van der Waals surface area contributed by atoms with Crippen molar-refractivity contribution in [2.75, 3.05) is 0 Å². The Kier molecular flexibility index (Phi) is 1.41. The maximum absolute atomic E-state index is 11.6. The van der Waals surface area contributed by atoms with E-state index in [1.807, 2.05) is 0 Å². The summed E-state index contributed by atoms with van der Waals surface area (Å²) >= 11 is 0. The number of hydrogen-bond donors (Lipinski definition) is 0. The summed E-state index contributed by atoms with van der Waals surface area (Å²) in [6.45, 7) is 0. The van der Waals surface area contributed by atoms with Crippen LogP contribution < -0.4 is 0 Å². The van der Waals surface area contributed by atoms with E-state index in [-0.39, 0.29) is 11.8 Å². The van der Waals surface area contributed by atoms with Crippen LogP contribution in [0, 0.1) is 35.5 Å². The Balaban J connectivity index is 1.82. The largest absolute Gasteiger partial charge is 0.393 e. The van der Waals surface area contributed by atoms with E-state index < -0.39 is 47.5 Å². The van der Waals surface area contributed by atoms with Gasteiger partial charge in [0.2, 0.25) is 0 Å². The molecule has 6 nitrogen and oxygen atoms in total. The predicted molar refractivity (Wildman–Crippen MR) is 47.8 cm³/mol. The molecule has 0 N–H and O–H groups in total. The van der Waals surface area contributed by atoms with Gasteiger partial charge in [-0.3, -0.25) is 19.2 Å². The zero-order chi connectivity index (χ0) is 11.9. The second-order valence-corrected chi connectivity index (χ2v) is 5.15. The van der Waals surface area contributed by atoms with Gasteiger partial charge < -0.3 is 9.47 Å². The molecule has 0 aromatic heterocycles. The summed E-state index contributed by atoms with van der Waals surface area (Å²) in [7, 11) is 0. The molecule has 6 atom stereocenters. The first-order valence-electron chi connectivity index (χ1n) is 5.60. The molecular weight excluding hydrogens is 228 g/mol. The molecule has 0 spiro atoms. The van der Waals surface area contributed by atoms with Crippen molar-refractivity contribution in [3.8, 4) is 0 Å². The molecule has 17 heavy (non-hydrogen) atoms. The molecular formula is C11H8O6. The number of esters is 4. The molecule has 2 aliphatic heterocycles. The summed E-state index contributed by atoms with van der Waals surface area (Å²) in [5.41, 5.74) is 0. The van der Waals surface area contributed by atoms with Gasteiger partial charge in [-0.25, -0.2) is 0 Å². The quantitative estimate of drug-likeness (QED) is 0.407. The van der Waals surface area contributed by atoms with Crippen LogP contribution in [0.3, 0.4) is 0 Å². The average Bonchev–Trinajstić information content (AvgIpc) is 2.92. The zero-order valence-electron chi connectivity index (χ0n) is 8.62. The fourth-order valence-electron chi connectivity index (χ4n) is 4.17. The molecule has 4 fully saturated rings. The first-order valence-corrected chi connectivity index (χ1v) is 5.60. The van der Waals surface area contributed by atoms with Crippen LogP contribution >= 0.6 is 0 Å². The number of rotatable bonds is 0. The number of fused-ring (bicyclic) bond motifs is 8. The highest BCUT2D eigenvalue weighted by atomic mass is 16.6. The van der Waals surface area contributed by atoms with E-state index in [0.717, 1.165) is 0 Å². The van der Waals surface area contributed by atoms with Gasteiger partial charge in [-0.15, -0.1) is 0 Å². The van der Waals surface area contributed by atoms with E-state index >= 15 is 0 Å². The number of hydrogen-bond acceptors (Lipinski definition) is 6. The predicted octanol–water partition coefficient (Wildman–Crippen LogP) is -0.732. The molecule has 4 aliphatic rings. The smallest absolute Gasteiger partial charge is 0.317 e. The summed E-state index contributed by atoms with van der Waals surface area (Å²) in [6.07, 6.45) is 0.576. The number of carbonyl (C=O) groups excluding carboxylic acids is 4. The average molecular weight is 236 g/mol. The maximum atomic E-state index is 11.6. The fourth-order valence-corrected chi connectivity index (χ4v) is 4.17. The van der Waals surface area contributed by atoms with Crippen molar-refractivity contribution in [1.29, 1.82) is 0 Å². The minimum Gasteiger partial charge on any atom is -0.393 e. The molecule has 2 aliphatic carbocycles. The Labute approximate surface area is 95.2 Å². The van der Waals surface area contributed by atoms with Gasteiger partial charge in [0.15, 0.2) is 0 Å². The van der Waals surface area contributed by atoms with Crippen molar-refractivity contribution >= 4 is 23.9 Å². The first kappa shape index (κ1) is 9.32. The molecule has 0 aromatic carbocycles. The van der Waals surface area contributed by atoms with Gasteiger partial charge in [0.25, 0.3) is 0 Å². The van der Waals surface area contributed by atoms with Crippen LogP contribution in [0.15, 0.2) is 0 Å².